The number of aryl methyl sites for hydroxylation is 1. The molecule has 0 aliphatic heterocycles. The van der Waals surface area contributed by atoms with Gasteiger partial charge in [-0.25, -0.2) is 8.42 Å². The van der Waals surface area contributed by atoms with Crippen molar-refractivity contribution in [3.05, 3.63) is 59.7 Å². The normalized spacial score (nSPS) is 11.0. The summed E-state index contributed by atoms with van der Waals surface area (Å²) in [7, 11) is -3.66. The molecule has 2 aromatic rings. The van der Waals surface area contributed by atoms with E-state index < -0.39 is 10.0 Å². The van der Waals surface area contributed by atoms with Crippen molar-refractivity contribution in [3.8, 4) is 0 Å². The van der Waals surface area contributed by atoms with Crippen LogP contribution in [0.25, 0.3) is 0 Å². The number of sulfonamides is 1. The number of aliphatic hydroxyl groups excluding tert-OH is 1. The van der Waals surface area contributed by atoms with Crippen molar-refractivity contribution in [1.29, 1.82) is 0 Å². The number of carbonyl (C=O) groups excluding carboxylic acids is 1. The lowest BCUT2D eigenvalue weighted by molar-refractivity contribution is 0.0945. The van der Waals surface area contributed by atoms with Crippen LogP contribution < -0.4 is 10.0 Å². The molecule has 0 aliphatic carbocycles. The summed E-state index contributed by atoms with van der Waals surface area (Å²) in [4.78, 5) is 11.9. The Kier molecular flexibility index (Phi) is 5.36. The van der Waals surface area contributed by atoms with E-state index in [1.54, 1.807) is 12.1 Å². The van der Waals surface area contributed by atoms with Crippen molar-refractivity contribution in [2.24, 2.45) is 0 Å². The van der Waals surface area contributed by atoms with Crippen LogP contribution in [0.3, 0.4) is 0 Å². The molecule has 0 radical (unpaired) electrons. The van der Waals surface area contributed by atoms with Gasteiger partial charge in [0.15, 0.2) is 0 Å². The third kappa shape index (κ3) is 4.54. The first kappa shape index (κ1) is 17.0. The number of nitrogens with one attached hydrogen (secondary N) is 2. The molecule has 3 N–H and O–H groups in total. The maximum atomic E-state index is 12.3. The Bertz CT molecular complexity index is 769. The molecule has 122 valence electrons. The summed E-state index contributed by atoms with van der Waals surface area (Å²) in [6, 6.07) is 12.6. The predicted molar refractivity (Wildman–Crippen MR) is 87.8 cm³/mol. The van der Waals surface area contributed by atoms with Crippen molar-refractivity contribution in [2.45, 2.75) is 11.8 Å². The maximum absolute atomic E-state index is 12.3. The second-order valence-electron chi connectivity index (χ2n) is 4.98. The summed E-state index contributed by atoms with van der Waals surface area (Å²) in [6.07, 6.45) is 0. The molecule has 2 rings (SSSR count). The minimum absolute atomic E-state index is 0.139. The van der Waals surface area contributed by atoms with Gasteiger partial charge in [-0.2, -0.15) is 0 Å². The predicted octanol–water partition coefficient (Wildman–Crippen LogP) is 1.52. The first-order valence-electron chi connectivity index (χ1n) is 7.01. The Morgan fingerprint density at radius 1 is 1.04 bits per heavy atom. The van der Waals surface area contributed by atoms with Gasteiger partial charge in [0.05, 0.1) is 11.5 Å². The molecular formula is C16H18N2O4S. The number of carbonyl (C=O) groups is 1. The van der Waals surface area contributed by atoms with Crippen LogP contribution in [0.2, 0.25) is 0 Å². The van der Waals surface area contributed by atoms with Gasteiger partial charge in [0.2, 0.25) is 0 Å². The van der Waals surface area contributed by atoms with E-state index in [2.05, 4.69) is 10.0 Å². The average Bonchev–Trinajstić information content (AvgIpc) is 2.53. The van der Waals surface area contributed by atoms with Crippen LogP contribution >= 0.6 is 0 Å². The fourth-order valence-corrected chi connectivity index (χ4v) is 2.95. The van der Waals surface area contributed by atoms with Crippen molar-refractivity contribution in [3.63, 3.8) is 0 Å². The van der Waals surface area contributed by atoms with E-state index in [1.807, 2.05) is 6.92 Å². The molecule has 6 nitrogen and oxygen atoms in total. The summed E-state index contributed by atoms with van der Waals surface area (Å²) >= 11 is 0. The third-order valence-electron chi connectivity index (χ3n) is 3.13. The van der Waals surface area contributed by atoms with Gasteiger partial charge < -0.3 is 10.4 Å². The largest absolute Gasteiger partial charge is 0.395 e. The Morgan fingerprint density at radius 2 is 1.65 bits per heavy atom. The molecule has 0 aliphatic rings. The first-order valence-corrected chi connectivity index (χ1v) is 8.49. The fourth-order valence-electron chi connectivity index (χ4n) is 1.89. The molecular weight excluding hydrogens is 316 g/mol. The lowest BCUT2D eigenvalue weighted by Crippen LogP contribution is -2.26. The summed E-state index contributed by atoms with van der Waals surface area (Å²) < 4.78 is 27.0. The van der Waals surface area contributed by atoms with Gasteiger partial charge >= 0.3 is 0 Å². The van der Waals surface area contributed by atoms with E-state index in [-0.39, 0.29) is 24.0 Å². The zero-order valence-corrected chi connectivity index (χ0v) is 13.4. The monoisotopic (exact) mass is 334 g/mol. The molecule has 23 heavy (non-hydrogen) atoms. The molecule has 0 bridgehead atoms. The minimum atomic E-state index is -3.66. The van der Waals surface area contributed by atoms with E-state index in [0.29, 0.717) is 11.3 Å². The van der Waals surface area contributed by atoms with E-state index in [9.17, 15) is 13.2 Å². The standard InChI is InChI=1S/C16H18N2O4S/c1-12-2-8-15(9-3-12)23(21,22)18-14-6-4-13(5-7-14)16(20)17-10-11-19/h2-9,18-19H,10-11H2,1H3,(H,17,20). The van der Waals surface area contributed by atoms with Crippen LogP contribution in [0.1, 0.15) is 15.9 Å². The third-order valence-corrected chi connectivity index (χ3v) is 4.53. The zero-order chi connectivity index (χ0) is 16.9. The highest BCUT2D eigenvalue weighted by Crippen LogP contribution is 2.17. The number of rotatable bonds is 6. The zero-order valence-electron chi connectivity index (χ0n) is 12.6. The van der Waals surface area contributed by atoms with E-state index in [4.69, 9.17) is 5.11 Å². The number of anilines is 1. The van der Waals surface area contributed by atoms with Gasteiger partial charge in [-0.15, -0.1) is 0 Å². The summed E-state index contributed by atoms with van der Waals surface area (Å²) in [5.41, 5.74) is 1.73. The fraction of sp³-hybridized carbons (Fsp3) is 0.188. The van der Waals surface area contributed by atoms with E-state index in [1.165, 1.54) is 36.4 Å². The van der Waals surface area contributed by atoms with Gasteiger partial charge in [-0.05, 0) is 43.3 Å². The topological polar surface area (TPSA) is 95.5 Å². The molecule has 0 saturated heterocycles. The Morgan fingerprint density at radius 3 is 2.22 bits per heavy atom. The van der Waals surface area contributed by atoms with Crippen molar-refractivity contribution in [2.75, 3.05) is 17.9 Å². The summed E-state index contributed by atoms with van der Waals surface area (Å²) in [6.45, 7) is 1.91. The molecule has 0 unspecified atom stereocenters. The van der Waals surface area contributed by atoms with Crippen LogP contribution in [-0.2, 0) is 10.0 Å². The van der Waals surface area contributed by atoms with Crippen LogP contribution in [0.5, 0.6) is 0 Å². The molecule has 0 saturated carbocycles. The quantitative estimate of drug-likeness (QED) is 0.746. The summed E-state index contributed by atoms with van der Waals surface area (Å²) in [5.74, 6) is -0.327. The van der Waals surface area contributed by atoms with Crippen LogP contribution in [0, 0.1) is 6.92 Å². The Balaban J connectivity index is 2.11. The number of amides is 1. The smallest absolute Gasteiger partial charge is 0.261 e. The number of aliphatic hydroxyl groups is 1. The van der Waals surface area contributed by atoms with Crippen LogP contribution in [-0.4, -0.2) is 32.6 Å². The minimum Gasteiger partial charge on any atom is -0.395 e. The number of benzene rings is 2. The number of hydrogen-bond acceptors (Lipinski definition) is 4. The molecule has 0 atom stereocenters. The van der Waals surface area contributed by atoms with Crippen LogP contribution in [0.15, 0.2) is 53.4 Å². The van der Waals surface area contributed by atoms with Gasteiger partial charge in [-0.3, -0.25) is 9.52 Å². The Labute approximate surface area is 135 Å². The lowest BCUT2D eigenvalue weighted by Gasteiger charge is -2.09. The van der Waals surface area contributed by atoms with E-state index in [0.717, 1.165) is 5.56 Å². The van der Waals surface area contributed by atoms with Crippen molar-refractivity contribution >= 4 is 21.6 Å². The number of hydrogen-bond donors (Lipinski definition) is 3. The van der Waals surface area contributed by atoms with Crippen molar-refractivity contribution < 1.29 is 18.3 Å². The van der Waals surface area contributed by atoms with Crippen LogP contribution in [0.4, 0.5) is 5.69 Å². The molecule has 0 aromatic heterocycles. The molecule has 1 amide bonds. The molecule has 7 heteroatoms. The average molecular weight is 334 g/mol. The van der Waals surface area contributed by atoms with Gasteiger partial charge in [-0.1, -0.05) is 17.7 Å². The van der Waals surface area contributed by atoms with Crippen molar-refractivity contribution in [1.82, 2.24) is 5.32 Å². The highest BCUT2D eigenvalue weighted by molar-refractivity contribution is 7.92. The summed E-state index contributed by atoms with van der Waals surface area (Å²) in [5, 5.41) is 11.2. The van der Waals surface area contributed by atoms with Gasteiger partial charge in [0.1, 0.15) is 0 Å². The first-order chi connectivity index (χ1) is 10.9. The Hall–Kier alpha value is -2.38. The van der Waals surface area contributed by atoms with Gasteiger partial charge in [0, 0.05) is 17.8 Å². The lowest BCUT2D eigenvalue weighted by atomic mass is 10.2. The SMILES string of the molecule is Cc1ccc(S(=O)(=O)Nc2ccc(C(=O)NCCO)cc2)cc1. The van der Waals surface area contributed by atoms with E-state index >= 15 is 0 Å². The highest BCUT2D eigenvalue weighted by atomic mass is 32.2. The molecule has 0 heterocycles. The molecule has 0 fully saturated rings. The second-order valence-corrected chi connectivity index (χ2v) is 6.66. The van der Waals surface area contributed by atoms with Gasteiger partial charge in [0.25, 0.3) is 15.9 Å². The maximum Gasteiger partial charge on any atom is 0.261 e. The molecule has 2 aromatic carbocycles. The second kappa shape index (κ2) is 7.26. The highest BCUT2D eigenvalue weighted by Gasteiger charge is 2.14. The molecule has 0 spiro atoms.